The maximum atomic E-state index is 12.9. The first-order valence-electron chi connectivity index (χ1n) is 10.2. The average Bonchev–Trinajstić information content (AvgIpc) is 3.30. The third-order valence-electron chi connectivity index (χ3n) is 6.00. The molecule has 0 aliphatic carbocycles. The normalized spacial score (nSPS) is 21.2. The molecular formula is C21H27N5O3. The molecule has 154 valence electrons. The van der Waals surface area contributed by atoms with Gasteiger partial charge in [0.15, 0.2) is 0 Å². The van der Waals surface area contributed by atoms with Crippen LogP contribution in [0.25, 0.3) is 11.0 Å². The van der Waals surface area contributed by atoms with Crippen LogP contribution >= 0.6 is 0 Å². The second kappa shape index (κ2) is 7.24. The number of aromatic nitrogens is 3. The number of rotatable bonds is 2. The minimum absolute atomic E-state index is 0.0298. The number of likely N-dealkylation sites (tertiary alicyclic amines) is 2. The molecule has 2 aliphatic rings. The fourth-order valence-electron chi connectivity index (χ4n) is 4.33. The van der Waals surface area contributed by atoms with Crippen molar-refractivity contribution in [3.05, 3.63) is 24.3 Å². The van der Waals surface area contributed by atoms with Gasteiger partial charge in [-0.2, -0.15) is 4.68 Å². The fraction of sp³-hybridized carbons (Fsp3) is 0.571. The molecule has 2 amide bonds. The smallest absolute Gasteiger partial charge is 0.252 e. The standard InChI is InChI=1S/C21H27N5O3/c1-21(2,3)25-13-15(12-18(25)27)19(28)24-10-8-14(9-11-24)20(29)26-17-7-5-4-6-16(17)22-23-26/h4-7,14-15H,8-13H2,1-3H3. The van der Waals surface area contributed by atoms with Gasteiger partial charge in [0.05, 0.1) is 11.4 Å². The Balaban J connectivity index is 1.38. The van der Waals surface area contributed by atoms with Gasteiger partial charge in [-0.15, -0.1) is 5.10 Å². The van der Waals surface area contributed by atoms with Crippen LogP contribution in [0.15, 0.2) is 24.3 Å². The van der Waals surface area contributed by atoms with E-state index < -0.39 is 0 Å². The lowest BCUT2D eigenvalue weighted by molar-refractivity contribution is -0.137. The summed E-state index contributed by atoms with van der Waals surface area (Å²) in [5, 5.41) is 8.08. The quantitative estimate of drug-likeness (QED) is 0.773. The summed E-state index contributed by atoms with van der Waals surface area (Å²) < 4.78 is 1.38. The van der Waals surface area contributed by atoms with E-state index in [9.17, 15) is 14.4 Å². The molecule has 8 nitrogen and oxygen atoms in total. The minimum atomic E-state index is -0.284. The van der Waals surface area contributed by atoms with Gasteiger partial charge in [0.1, 0.15) is 5.52 Å². The van der Waals surface area contributed by atoms with Crippen molar-refractivity contribution in [3.8, 4) is 0 Å². The lowest BCUT2D eigenvalue weighted by Gasteiger charge is -2.34. The molecule has 1 aromatic heterocycles. The lowest BCUT2D eigenvalue weighted by atomic mass is 9.94. The van der Waals surface area contributed by atoms with Gasteiger partial charge >= 0.3 is 0 Å². The van der Waals surface area contributed by atoms with Crippen LogP contribution in [0.4, 0.5) is 0 Å². The number of carbonyl (C=O) groups is 3. The van der Waals surface area contributed by atoms with Crippen molar-refractivity contribution >= 4 is 28.8 Å². The molecule has 29 heavy (non-hydrogen) atoms. The summed E-state index contributed by atoms with van der Waals surface area (Å²) in [6.07, 6.45) is 1.48. The van der Waals surface area contributed by atoms with E-state index in [1.54, 1.807) is 4.90 Å². The highest BCUT2D eigenvalue weighted by Crippen LogP contribution is 2.29. The van der Waals surface area contributed by atoms with E-state index in [1.165, 1.54) is 4.68 Å². The van der Waals surface area contributed by atoms with Crippen molar-refractivity contribution in [1.29, 1.82) is 0 Å². The van der Waals surface area contributed by atoms with Gasteiger partial charge in [0, 0.05) is 37.5 Å². The maximum Gasteiger partial charge on any atom is 0.252 e. The van der Waals surface area contributed by atoms with Crippen LogP contribution < -0.4 is 0 Å². The van der Waals surface area contributed by atoms with Gasteiger partial charge < -0.3 is 9.80 Å². The van der Waals surface area contributed by atoms with E-state index in [4.69, 9.17) is 0 Å². The highest BCUT2D eigenvalue weighted by molar-refractivity contribution is 5.91. The molecule has 2 aromatic rings. The van der Waals surface area contributed by atoms with Crippen molar-refractivity contribution in [1.82, 2.24) is 24.8 Å². The maximum absolute atomic E-state index is 12.9. The third kappa shape index (κ3) is 3.63. The Bertz CT molecular complexity index is 953. The van der Waals surface area contributed by atoms with Crippen LogP contribution in [-0.2, 0) is 9.59 Å². The molecule has 2 saturated heterocycles. The molecule has 0 N–H and O–H groups in total. The molecule has 2 aliphatic heterocycles. The van der Waals surface area contributed by atoms with Gasteiger partial charge in [0.2, 0.25) is 11.8 Å². The van der Waals surface area contributed by atoms with E-state index in [0.29, 0.717) is 43.5 Å². The Hall–Kier alpha value is -2.77. The molecular weight excluding hydrogens is 370 g/mol. The topological polar surface area (TPSA) is 88.4 Å². The Morgan fingerprint density at radius 2 is 1.72 bits per heavy atom. The Kier molecular flexibility index (Phi) is 4.88. The molecule has 3 heterocycles. The zero-order chi connectivity index (χ0) is 20.8. The SMILES string of the molecule is CC(C)(C)N1CC(C(=O)N2CCC(C(=O)n3nnc4ccccc43)CC2)CC1=O. The van der Waals surface area contributed by atoms with Crippen molar-refractivity contribution in [2.24, 2.45) is 11.8 Å². The van der Waals surface area contributed by atoms with E-state index >= 15 is 0 Å². The number of piperidine rings is 1. The Labute approximate surface area is 169 Å². The molecule has 2 fully saturated rings. The molecule has 1 unspecified atom stereocenters. The van der Waals surface area contributed by atoms with Crippen LogP contribution in [0.5, 0.6) is 0 Å². The molecule has 0 spiro atoms. The molecule has 1 atom stereocenters. The van der Waals surface area contributed by atoms with E-state index in [1.807, 2.05) is 49.9 Å². The molecule has 1 aromatic carbocycles. The molecule has 0 radical (unpaired) electrons. The zero-order valence-electron chi connectivity index (χ0n) is 17.2. The largest absolute Gasteiger partial charge is 0.342 e. The number of amides is 2. The van der Waals surface area contributed by atoms with Crippen molar-refractivity contribution in [2.45, 2.75) is 45.6 Å². The third-order valence-corrected chi connectivity index (χ3v) is 6.00. The Morgan fingerprint density at radius 3 is 2.38 bits per heavy atom. The number of benzene rings is 1. The van der Waals surface area contributed by atoms with Crippen molar-refractivity contribution in [2.75, 3.05) is 19.6 Å². The van der Waals surface area contributed by atoms with Crippen LogP contribution in [0.1, 0.15) is 44.8 Å². The first-order chi connectivity index (χ1) is 13.8. The highest BCUT2D eigenvalue weighted by Gasteiger charge is 2.41. The Morgan fingerprint density at radius 1 is 1.03 bits per heavy atom. The molecule has 0 saturated carbocycles. The fourth-order valence-corrected chi connectivity index (χ4v) is 4.33. The summed E-state index contributed by atoms with van der Waals surface area (Å²) >= 11 is 0. The first kappa shape index (κ1) is 19.5. The van der Waals surface area contributed by atoms with Gasteiger partial charge in [-0.3, -0.25) is 14.4 Å². The summed E-state index contributed by atoms with van der Waals surface area (Å²) in [7, 11) is 0. The summed E-state index contributed by atoms with van der Waals surface area (Å²) in [6, 6.07) is 7.39. The van der Waals surface area contributed by atoms with Crippen LogP contribution in [0.3, 0.4) is 0 Å². The van der Waals surface area contributed by atoms with Gasteiger partial charge in [-0.05, 0) is 45.7 Å². The van der Waals surface area contributed by atoms with E-state index in [2.05, 4.69) is 10.3 Å². The number of fused-ring (bicyclic) bond motifs is 1. The monoisotopic (exact) mass is 397 g/mol. The van der Waals surface area contributed by atoms with Gasteiger partial charge in [-0.25, -0.2) is 0 Å². The summed E-state index contributed by atoms with van der Waals surface area (Å²) in [5.41, 5.74) is 1.14. The molecule has 4 rings (SSSR count). The minimum Gasteiger partial charge on any atom is -0.342 e. The first-order valence-corrected chi connectivity index (χ1v) is 10.2. The van der Waals surface area contributed by atoms with E-state index in [0.717, 1.165) is 0 Å². The van der Waals surface area contributed by atoms with Gasteiger partial charge in [-0.1, -0.05) is 17.3 Å². The summed E-state index contributed by atoms with van der Waals surface area (Å²) in [5.74, 6) is -0.462. The van der Waals surface area contributed by atoms with Crippen LogP contribution in [0, 0.1) is 11.8 Å². The summed E-state index contributed by atoms with van der Waals surface area (Å²) in [4.78, 5) is 41.7. The predicted molar refractivity (Wildman–Crippen MR) is 107 cm³/mol. The highest BCUT2D eigenvalue weighted by atomic mass is 16.2. The van der Waals surface area contributed by atoms with E-state index in [-0.39, 0.29) is 41.5 Å². The van der Waals surface area contributed by atoms with Gasteiger partial charge in [0.25, 0.3) is 5.91 Å². The average molecular weight is 397 g/mol. The molecule has 8 heteroatoms. The number of carbonyl (C=O) groups excluding carboxylic acids is 3. The number of hydrogen-bond acceptors (Lipinski definition) is 5. The number of nitrogens with zero attached hydrogens (tertiary/aromatic N) is 5. The molecule has 0 bridgehead atoms. The predicted octanol–water partition coefficient (Wildman–Crippen LogP) is 1.96. The second-order valence-electron chi connectivity index (χ2n) is 9.00. The lowest BCUT2D eigenvalue weighted by Crippen LogP contribution is -2.46. The van der Waals surface area contributed by atoms with Crippen LogP contribution in [0.2, 0.25) is 0 Å². The zero-order valence-corrected chi connectivity index (χ0v) is 17.2. The second-order valence-corrected chi connectivity index (χ2v) is 9.00. The summed E-state index contributed by atoms with van der Waals surface area (Å²) in [6.45, 7) is 7.50. The number of para-hydroxylation sites is 1. The number of hydrogen-bond donors (Lipinski definition) is 0. The van der Waals surface area contributed by atoms with Crippen molar-refractivity contribution < 1.29 is 14.4 Å². The van der Waals surface area contributed by atoms with Crippen molar-refractivity contribution in [3.63, 3.8) is 0 Å². The van der Waals surface area contributed by atoms with Crippen LogP contribution in [-0.4, -0.2) is 67.7 Å².